The maximum Gasteiger partial charge on any atom is 0.300 e. The highest BCUT2D eigenvalue weighted by atomic mass is 16.5. The van der Waals surface area contributed by atoms with Crippen molar-refractivity contribution >= 4 is 23.1 Å². The van der Waals surface area contributed by atoms with E-state index in [1.165, 1.54) is 12.0 Å². The number of aryl methyl sites for hydroxylation is 1. The molecular formula is C25H22N2O4. The molecule has 2 aromatic carbocycles. The van der Waals surface area contributed by atoms with Crippen molar-refractivity contribution in [1.82, 2.24) is 4.98 Å². The van der Waals surface area contributed by atoms with Crippen molar-refractivity contribution in [2.75, 3.05) is 12.0 Å². The fourth-order valence-electron chi connectivity index (χ4n) is 3.79. The summed E-state index contributed by atoms with van der Waals surface area (Å²) in [7, 11) is 1.48. The zero-order valence-electron chi connectivity index (χ0n) is 17.3. The van der Waals surface area contributed by atoms with Gasteiger partial charge in [0.25, 0.3) is 11.7 Å². The fraction of sp³-hybridized carbons (Fsp3) is 0.160. The van der Waals surface area contributed by atoms with Gasteiger partial charge in [-0.3, -0.25) is 19.5 Å². The smallest absolute Gasteiger partial charge is 0.300 e. The van der Waals surface area contributed by atoms with Gasteiger partial charge < -0.3 is 9.84 Å². The van der Waals surface area contributed by atoms with Crippen LogP contribution in [0.2, 0.25) is 0 Å². The second-order valence-corrected chi connectivity index (χ2v) is 7.14. The molecule has 6 nitrogen and oxygen atoms in total. The first-order chi connectivity index (χ1) is 15.1. The third kappa shape index (κ3) is 3.57. The fourth-order valence-corrected chi connectivity index (χ4v) is 3.79. The molecule has 156 valence electrons. The molecule has 1 unspecified atom stereocenters. The van der Waals surface area contributed by atoms with Gasteiger partial charge in [0.1, 0.15) is 17.6 Å². The predicted octanol–water partition coefficient (Wildman–Crippen LogP) is 4.28. The molecule has 1 amide bonds. The standard InChI is InChI=1S/C25H22N2O4/c1-3-16-11-13-17(14-12-16)27-22(19-9-6-7-15-26-19)21(24(29)25(27)30)23(28)18-8-4-5-10-20(18)31-2/h4-15,22,28H,3H2,1-2H3/b23-21-. The van der Waals surface area contributed by atoms with Gasteiger partial charge >= 0.3 is 0 Å². The first kappa shape index (κ1) is 20.3. The third-order valence-electron chi connectivity index (χ3n) is 5.40. The molecule has 4 rings (SSSR count). The average molecular weight is 414 g/mol. The number of aliphatic hydroxyl groups is 1. The Kier molecular flexibility index (Phi) is 5.54. The summed E-state index contributed by atoms with van der Waals surface area (Å²) in [5.74, 6) is -1.37. The largest absolute Gasteiger partial charge is 0.507 e. The Balaban J connectivity index is 1.94. The van der Waals surface area contributed by atoms with Crippen molar-refractivity contribution in [3.63, 3.8) is 0 Å². The highest BCUT2D eigenvalue weighted by Gasteiger charge is 2.47. The maximum atomic E-state index is 13.1. The molecule has 2 heterocycles. The molecule has 31 heavy (non-hydrogen) atoms. The number of methoxy groups -OCH3 is 1. The predicted molar refractivity (Wildman–Crippen MR) is 118 cm³/mol. The van der Waals surface area contributed by atoms with Crippen molar-refractivity contribution in [3.05, 3.63) is 95.3 Å². The monoisotopic (exact) mass is 414 g/mol. The van der Waals surface area contributed by atoms with Crippen molar-refractivity contribution in [3.8, 4) is 5.75 Å². The van der Waals surface area contributed by atoms with Gasteiger partial charge in [-0.25, -0.2) is 0 Å². The van der Waals surface area contributed by atoms with E-state index in [9.17, 15) is 14.7 Å². The van der Waals surface area contributed by atoms with Crippen LogP contribution in [0.4, 0.5) is 5.69 Å². The number of aliphatic hydroxyl groups excluding tert-OH is 1. The van der Waals surface area contributed by atoms with Gasteiger partial charge in [-0.15, -0.1) is 0 Å². The Morgan fingerprint density at radius 3 is 2.39 bits per heavy atom. The number of hydrogen-bond donors (Lipinski definition) is 1. The number of aromatic nitrogens is 1. The van der Waals surface area contributed by atoms with Gasteiger partial charge in [-0.2, -0.15) is 0 Å². The molecule has 1 aliphatic heterocycles. The number of para-hydroxylation sites is 1. The minimum atomic E-state index is -0.862. The minimum absolute atomic E-state index is 0.0206. The number of pyridine rings is 1. The number of ether oxygens (including phenoxy) is 1. The molecule has 1 fully saturated rings. The summed E-state index contributed by atoms with van der Waals surface area (Å²) in [5, 5.41) is 11.2. The van der Waals surface area contributed by atoms with Crippen LogP contribution in [0.3, 0.4) is 0 Å². The molecule has 6 heteroatoms. The van der Waals surface area contributed by atoms with Crippen LogP contribution in [0.1, 0.15) is 29.8 Å². The summed E-state index contributed by atoms with van der Waals surface area (Å²) in [6, 6.07) is 18.7. The first-order valence-corrected chi connectivity index (χ1v) is 10.0. The molecule has 0 radical (unpaired) electrons. The van der Waals surface area contributed by atoms with Gasteiger partial charge in [-0.05, 0) is 48.4 Å². The van der Waals surface area contributed by atoms with Gasteiger partial charge in [0, 0.05) is 11.9 Å². The topological polar surface area (TPSA) is 79.7 Å². The lowest BCUT2D eigenvalue weighted by molar-refractivity contribution is -0.132. The van der Waals surface area contributed by atoms with Gasteiger partial charge in [0.15, 0.2) is 0 Å². The van der Waals surface area contributed by atoms with E-state index in [2.05, 4.69) is 4.98 Å². The summed E-state index contributed by atoms with van der Waals surface area (Å²) >= 11 is 0. The second-order valence-electron chi connectivity index (χ2n) is 7.14. The molecule has 1 aliphatic rings. The first-order valence-electron chi connectivity index (χ1n) is 10.0. The van der Waals surface area contributed by atoms with E-state index in [0.717, 1.165) is 12.0 Å². The lowest BCUT2D eigenvalue weighted by Crippen LogP contribution is -2.29. The Morgan fingerprint density at radius 2 is 1.74 bits per heavy atom. The molecule has 0 aliphatic carbocycles. The number of benzene rings is 2. The van der Waals surface area contributed by atoms with E-state index in [1.54, 1.807) is 48.7 Å². The summed E-state index contributed by atoms with van der Waals surface area (Å²) in [4.78, 5) is 32.0. The Hall–Kier alpha value is -3.93. The number of hydrogen-bond acceptors (Lipinski definition) is 5. The molecule has 0 saturated carbocycles. The van der Waals surface area contributed by atoms with E-state index < -0.39 is 17.7 Å². The zero-order chi connectivity index (χ0) is 22.0. The van der Waals surface area contributed by atoms with Crippen molar-refractivity contribution in [1.29, 1.82) is 0 Å². The average Bonchev–Trinajstić information content (AvgIpc) is 3.09. The van der Waals surface area contributed by atoms with Crippen molar-refractivity contribution in [2.45, 2.75) is 19.4 Å². The van der Waals surface area contributed by atoms with Crippen LogP contribution in [0.5, 0.6) is 5.75 Å². The van der Waals surface area contributed by atoms with Crippen LogP contribution < -0.4 is 9.64 Å². The number of anilines is 1. The number of amides is 1. The number of carbonyl (C=O) groups excluding carboxylic acids is 2. The molecule has 0 spiro atoms. The molecular weight excluding hydrogens is 392 g/mol. The van der Waals surface area contributed by atoms with Crippen LogP contribution in [0, 0.1) is 0 Å². The number of nitrogens with zero attached hydrogens (tertiary/aromatic N) is 2. The number of ketones is 1. The van der Waals surface area contributed by atoms with E-state index in [-0.39, 0.29) is 11.3 Å². The van der Waals surface area contributed by atoms with Crippen LogP contribution in [-0.4, -0.2) is 28.9 Å². The molecule has 0 bridgehead atoms. The van der Waals surface area contributed by atoms with Crippen molar-refractivity contribution < 1.29 is 19.4 Å². The van der Waals surface area contributed by atoms with Gasteiger partial charge in [-0.1, -0.05) is 37.3 Å². The quantitative estimate of drug-likeness (QED) is 0.383. The molecule has 1 aromatic heterocycles. The highest BCUT2D eigenvalue weighted by Crippen LogP contribution is 2.42. The van der Waals surface area contributed by atoms with E-state index in [0.29, 0.717) is 22.7 Å². The normalized spacial score (nSPS) is 17.7. The Labute approximate surface area is 180 Å². The zero-order valence-corrected chi connectivity index (χ0v) is 17.3. The third-order valence-corrected chi connectivity index (χ3v) is 5.40. The molecule has 3 aromatic rings. The lowest BCUT2D eigenvalue weighted by atomic mass is 9.97. The van der Waals surface area contributed by atoms with Gasteiger partial charge in [0.05, 0.1) is 23.9 Å². The van der Waals surface area contributed by atoms with Crippen molar-refractivity contribution in [2.24, 2.45) is 0 Å². The summed E-state index contributed by atoms with van der Waals surface area (Å²) in [6.07, 6.45) is 2.45. The van der Waals surface area contributed by atoms with E-state index in [1.807, 2.05) is 31.2 Å². The van der Waals surface area contributed by atoms with Gasteiger partial charge in [0.2, 0.25) is 0 Å². The molecule has 1 saturated heterocycles. The van der Waals surface area contributed by atoms with Crippen LogP contribution in [-0.2, 0) is 16.0 Å². The lowest BCUT2D eigenvalue weighted by Gasteiger charge is -2.25. The summed E-state index contributed by atoms with van der Waals surface area (Å²) in [5.41, 5.74) is 2.48. The highest BCUT2D eigenvalue weighted by molar-refractivity contribution is 6.51. The Bertz CT molecular complexity index is 1150. The van der Waals surface area contributed by atoms with E-state index >= 15 is 0 Å². The molecule has 1 atom stereocenters. The number of rotatable bonds is 5. The number of carbonyl (C=O) groups is 2. The summed E-state index contributed by atoms with van der Waals surface area (Å²) in [6.45, 7) is 2.04. The second kappa shape index (κ2) is 8.44. The van der Waals surface area contributed by atoms with Crippen LogP contribution in [0.15, 0.2) is 78.5 Å². The Morgan fingerprint density at radius 1 is 1.03 bits per heavy atom. The maximum absolute atomic E-state index is 13.1. The minimum Gasteiger partial charge on any atom is -0.507 e. The molecule has 1 N–H and O–H groups in total. The summed E-state index contributed by atoms with van der Waals surface area (Å²) < 4.78 is 5.35. The van der Waals surface area contributed by atoms with Crippen LogP contribution >= 0.6 is 0 Å². The van der Waals surface area contributed by atoms with Crippen LogP contribution in [0.25, 0.3) is 5.76 Å². The number of Topliss-reactive ketones (excluding diaryl/α,β-unsaturated/α-hetero) is 1. The van der Waals surface area contributed by atoms with E-state index in [4.69, 9.17) is 4.74 Å². The SMILES string of the molecule is CCc1ccc(N2C(=O)C(=O)/C(=C(\O)c3ccccc3OC)C2c2ccccn2)cc1.